The maximum atomic E-state index is 13.2. The van der Waals surface area contributed by atoms with Crippen LogP contribution in [0.4, 0.5) is 4.39 Å². The Bertz CT molecular complexity index is 754. The molecule has 26 heavy (non-hydrogen) atoms. The number of benzene rings is 2. The zero-order valence-electron chi connectivity index (χ0n) is 15.1. The van der Waals surface area contributed by atoms with E-state index in [1.54, 1.807) is 31.0 Å². The highest BCUT2D eigenvalue weighted by Crippen LogP contribution is 2.37. The van der Waals surface area contributed by atoms with Crippen LogP contribution in [-0.2, 0) is 11.3 Å². The first kappa shape index (κ1) is 18.7. The number of rotatable bonds is 6. The summed E-state index contributed by atoms with van der Waals surface area (Å²) in [6, 6.07) is 14.4. The number of nitrogens with one attached hydrogen (secondary N) is 1. The van der Waals surface area contributed by atoms with Gasteiger partial charge >= 0.3 is 0 Å². The minimum Gasteiger partial charge on any atom is -0.497 e. The van der Waals surface area contributed by atoms with Crippen LogP contribution in [0.25, 0.3) is 0 Å². The number of carbonyl (C=O) groups is 1. The summed E-state index contributed by atoms with van der Waals surface area (Å²) in [5.74, 6) is 1.61. The molecule has 1 aliphatic rings. The molecule has 2 aromatic carbocycles. The average Bonchev–Trinajstić information content (AvgIpc) is 3.12. The molecule has 1 heterocycles. The molecule has 3 rings (SSSR count). The van der Waals surface area contributed by atoms with E-state index in [9.17, 15) is 9.18 Å². The summed E-state index contributed by atoms with van der Waals surface area (Å²) in [5, 5.41) is -0.0206. The van der Waals surface area contributed by atoms with Gasteiger partial charge in [0.25, 0.3) is 5.91 Å². The molecule has 2 aromatic rings. The number of carbonyl (C=O) groups excluding carboxylic acids is 1. The van der Waals surface area contributed by atoms with Crippen molar-refractivity contribution in [2.75, 3.05) is 33.0 Å². The van der Waals surface area contributed by atoms with Crippen molar-refractivity contribution < 1.29 is 18.8 Å². The second kappa shape index (κ2) is 8.56. The van der Waals surface area contributed by atoms with E-state index in [-0.39, 0.29) is 17.1 Å². The van der Waals surface area contributed by atoms with Gasteiger partial charge in [-0.15, -0.1) is 11.8 Å². The molecule has 0 aromatic heterocycles. The molecule has 1 N–H and O–H groups in total. The summed E-state index contributed by atoms with van der Waals surface area (Å²) >= 11 is 1.73. The molecule has 0 radical (unpaired) electrons. The topological polar surface area (TPSA) is 34.0 Å². The quantitative estimate of drug-likeness (QED) is 0.840. The lowest BCUT2D eigenvalue weighted by Gasteiger charge is -2.25. The van der Waals surface area contributed by atoms with Gasteiger partial charge in [0.05, 0.1) is 14.2 Å². The van der Waals surface area contributed by atoms with E-state index in [2.05, 4.69) is 0 Å². The molecule has 0 bridgehead atoms. The van der Waals surface area contributed by atoms with Gasteiger partial charge in [0.2, 0.25) is 0 Å². The number of thioether (sulfide) groups is 1. The Labute approximate surface area is 157 Å². The van der Waals surface area contributed by atoms with E-state index in [0.717, 1.165) is 40.6 Å². The third-order valence-electron chi connectivity index (χ3n) is 4.46. The highest BCUT2D eigenvalue weighted by atomic mass is 32.2. The first-order valence-corrected chi connectivity index (χ1v) is 9.72. The van der Waals surface area contributed by atoms with Crippen LogP contribution < -0.4 is 9.64 Å². The Morgan fingerprint density at radius 3 is 2.81 bits per heavy atom. The summed E-state index contributed by atoms with van der Waals surface area (Å²) in [4.78, 5) is 15.8. The molecule has 6 heteroatoms. The number of hydrogen-bond donors (Lipinski definition) is 1. The van der Waals surface area contributed by atoms with E-state index in [0.29, 0.717) is 6.54 Å². The van der Waals surface area contributed by atoms with Crippen LogP contribution in [0.3, 0.4) is 0 Å². The third kappa shape index (κ3) is 4.56. The number of ether oxygens (including phenoxy) is 1. The van der Waals surface area contributed by atoms with Crippen molar-refractivity contribution in [3.63, 3.8) is 0 Å². The fraction of sp³-hybridized carbons (Fsp3) is 0.350. The Kier molecular flexibility index (Phi) is 6.16. The zero-order chi connectivity index (χ0) is 18.5. The normalized spacial score (nSPS) is 18.0. The molecule has 0 spiro atoms. The maximum Gasteiger partial charge on any atom is 0.278 e. The smallest absolute Gasteiger partial charge is 0.278 e. The van der Waals surface area contributed by atoms with Gasteiger partial charge < -0.3 is 14.5 Å². The number of amides is 1. The predicted octanol–water partition coefficient (Wildman–Crippen LogP) is 2.12. The largest absolute Gasteiger partial charge is 0.497 e. The Morgan fingerprint density at radius 1 is 1.31 bits per heavy atom. The third-order valence-corrected chi connectivity index (χ3v) is 5.72. The Hall–Kier alpha value is -2.05. The molecule has 4 nitrogen and oxygen atoms in total. The monoisotopic (exact) mass is 375 g/mol. The van der Waals surface area contributed by atoms with Gasteiger partial charge in [-0.25, -0.2) is 4.39 Å². The standard InChI is InChI=1S/C20H23FN2O2S/c1-22(13-15-4-3-5-18(12-15)25-2)14-19(24)23-10-11-26-20(23)16-6-8-17(21)9-7-16/h3-9,12,20H,10-11,13-14H2,1-2H3/p+1/t20-/m1/s1. The molecule has 2 atom stereocenters. The van der Waals surface area contributed by atoms with Crippen molar-refractivity contribution in [3.05, 3.63) is 65.5 Å². The molecule has 1 unspecified atom stereocenters. The summed E-state index contributed by atoms with van der Waals surface area (Å²) in [5.41, 5.74) is 2.12. The highest BCUT2D eigenvalue weighted by molar-refractivity contribution is 7.99. The minimum absolute atomic E-state index is 0.0206. The first-order valence-electron chi connectivity index (χ1n) is 8.67. The van der Waals surface area contributed by atoms with Gasteiger partial charge in [0.1, 0.15) is 23.5 Å². The van der Waals surface area contributed by atoms with Gasteiger partial charge in [-0.2, -0.15) is 0 Å². The van der Waals surface area contributed by atoms with Crippen LogP contribution in [-0.4, -0.2) is 43.8 Å². The first-order chi connectivity index (χ1) is 12.6. The van der Waals surface area contributed by atoms with Gasteiger partial charge in [-0.05, 0) is 29.8 Å². The minimum atomic E-state index is -0.253. The van der Waals surface area contributed by atoms with Crippen LogP contribution >= 0.6 is 11.8 Å². The molecule has 1 saturated heterocycles. The van der Waals surface area contributed by atoms with Gasteiger partial charge in [0, 0.05) is 17.9 Å². The van der Waals surface area contributed by atoms with Crippen LogP contribution in [0, 0.1) is 5.82 Å². The summed E-state index contributed by atoms with van der Waals surface area (Å²) < 4.78 is 18.4. The molecule has 1 fully saturated rings. The van der Waals surface area contributed by atoms with E-state index >= 15 is 0 Å². The second-order valence-corrected chi connectivity index (χ2v) is 7.71. The number of likely N-dealkylation sites (N-methyl/N-ethyl adjacent to an activating group) is 1. The van der Waals surface area contributed by atoms with Crippen LogP contribution in [0.2, 0.25) is 0 Å². The number of halogens is 1. The summed E-state index contributed by atoms with van der Waals surface area (Å²) in [6.45, 7) is 1.92. The van der Waals surface area contributed by atoms with Crippen molar-refractivity contribution in [2.45, 2.75) is 11.9 Å². The van der Waals surface area contributed by atoms with E-state index in [4.69, 9.17) is 4.74 Å². The second-order valence-electron chi connectivity index (χ2n) is 6.52. The molecule has 1 amide bonds. The van der Waals surface area contributed by atoms with Crippen LogP contribution in [0.15, 0.2) is 48.5 Å². The van der Waals surface area contributed by atoms with E-state index in [1.807, 2.05) is 36.2 Å². The molecule has 138 valence electrons. The van der Waals surface area contributed by atoms with Crippen molar-refractivity contribution in [3.8, 4) is 5.75 Å². The summed E-state index contributed by atoms with van der Waals surface area (Å²) in [7, 11) is 3.67. The maximum absolute atomic E-state index is 13.2. The van der Waals surface area contributed by atoms with Crippen molar-refractivity contribution >= 4 is 17.7 Å². The lowest BCUT2D eigenvalue weighted by Crippen LogP contribution is -3.08. The van der Waals surface area contributed by atoms with E-state index < -0.39 is 0 Å². The van der Waals surface area contributed by atoms with Crippen molar-refractivity contribution in [1.29, 1.82) is 0 Å². The summed E-state index contributed by atoms with van der Waals surface area (Å²) in [6.07, 6.45) is 0. The zero-order valence-corrected chi connectivity index (χ0v) is 15.9. The van der Waals surface area contributed by atoms with E-state index in [1.165, 1.54) is 12.1 Å². The fourth-order valence-corrected chi connectivity index (χ4v) is 4.46. The molecular weight excluding hydrogens is 351 g/mol. The molecule has 0 aliphatic carbocycles. The fourth-order valence-electron chi connectivity index (χ4n) is 3.18. The number of hydrogen-bond acceptors (Lipinski definition) is 3. The molecular formula is C20H24FN2O2S+. The van der Waals surface area contributed by atoms with Crippen LogP contribution in [0.5, 0.6) is 5.75 Å². The van der Waals surface area contributed by atoms with Gasteiger partial charge in [0.15, 0.2) is 6.54 Å². The number of methoxy groups -OCH3 is 1. The van der Waals surface area contributed by atoms with Gasteiger partial charge in [-0.3, -0.25) is 4.79 Å². The SMILES string of the molecule is COc1cccc(C[NH+](C)CC(=O)N2CCS[C@@H]2c2ccc(F)cc2)c1. The van der Waals surface area contributed by atoms with Crippen molar-refractivity contribution in [2.24, 2.45) is 0 Å². The van der Waals surface area contributed by atoms with Crippen LogP contribution in [0.1, 0.15) is 16.5 Å². The highest BCUT2D eigenvalue weighted by Gasteiger charge is 2.32. The predicted molar refractivity (Wildman–Crippen MR) is 102 cm³/mol. The lowest BCUT2D eigenvalue weighted by molar-refractivity contribution is -0.885. The number of quaternary nitrogens is 1. The molecule has 1 aliphatic heterocycles. The Morgan fingerprint density at radius 2 is 2.08 bits per heavy atom. The van der Waals surface area contributed by atoms with Gasteiger partial charge in [-0.1, -0.05) is 24.3 Å². The lowest BCUT2D eigenvalue weighted by atomic mass is 10.2. The Balaban J connectivity index is 1.61. The average molecular weight is 375 g/mol. The number of nitrogens with zero attached hydrogens (tertiary/aromatic N) is 1. The van der Waals surface area contributed by atoms with Crippen molar-refractivity contribution in [1.82, 2.24) is 4.90 Å². The molecule has 0 saturated carbocycles.